The summed E-state index contributed by atoms with van der Waals surface area (Å²) < 4.78 is 1.76. The summed E-state index contributed by atoms with van der Waals surface area (Å²) in [7, 11) is 0. The summed E-state index contributed by atoms with van der Waals surface area (Å²) in [6.07, 6.45) is 1.82. The molecule has 2 aromatic heterocycles. The fourth-order valence-corrected chi connectivity index (χ4v) is 3.01. The molecule has 0 aliphatic carbocycles. The lowest BCUT2D eigenvalue weighted by molar-refractivity contribution is -0.110. The number of nitrogens with one attached hydrogen (secondary N) is 1. The Morgan fingerprint density at radius 3 is 2.67 bits per heavy atom. The van der Waals surface area contributed by atoms with Crippen molar-refractivity contribution in [2.45, 2.75) is 26.4 Å². The summed E-state index contributed by atoms with van der Waals surface area (Å²) in [5.74, 6) is 0.415. The van der Waals surface area contributed by atoms with Crippen LogP contribution in [0.15, 0.2) is 59.9 Å². The molecular weight excluding hydrogens is 342 g/mol. The van der Waals surface area contributed by atoms with Crippen LogP contribution in [0.5, 0.6) is 0 Å². The summed E-state index contributed by atoms with van der Waals surface area (Å²) in [6.45, 7) is 3.91. The lowest BCUT2D eigenvalue weighted by Crippen LogP contribution is -2.22. The molecule has 1 aromatic carbocycles. The van der Waals surface area contributed by atoms with Crippen molar-refractivity contribution in [3.63, 3.8) is 0 Å². The molecule has 0 saturated heterocycles. The van der Waals surface area contributed by atoms with Gasteiger partial charge in [0.05, 0.1) is 17.6 Å². The molecule has 7 nitrogen and oxygen atoms in total. The molecule has 0 spiro atoms. The van der Waals surface area contributed by atoms with Gasteiger partial charge in [-0.15, -0.1) is 0 Å². The van der Waals surface area contributed by atoms with Gasteiger partial charge in [-0.3, -0.25) is 4.79 Å². The summed E-state index contributed by atoms with van der Waals surface area (Å²) >= 11 is 0. The van der Waals surface area contributed by atoms with Crippen molar-refractivity contribution in [3.05, 3.63) is 71.7 Å². The molecule has 1 aliphatic heterocycles. The molecule has 27 heavy (non-hydrogen) atoms. The van der Waals surface area contributed by atoms with Crippen LogP contribution >= 0.6 is 0 Å². The number of aromatic nitrogens is 3. The molecule has 0 fully saturated rings. The molecule has 7 heteroatoms. The van der Waals surface area contributed by atoms with Crippen LogP contribution in [0.3, 0.4) is 0 Å². The van der Waals surface area contributed by atoms with Gasteiger partial charge in [0.1, 0.15) is 5.71 Å². The SMILES string of the molecule is Cc1cc(C)n(-c2ccc(NC(=O)C3=NO[C@H](c4ccccc4)C3)cn2)n1. The second-order valence-corrected chi connectivity index (χ2v) is 6.44. The first-order valence-corrected chi connectivity index (χ1v) is 8.69. The van der Waals surface area contributed by atoms with E-state index >= 15 is 0 Å². The molecule has 1 aliphatic rings. The fraction of sp³-hybridized carbons (Fsp3) is 0.200. The topological polar surface area (TPSA) is 81.4 Å². The lowest BCUT2D eigenvalue weighted by atomic mass is 10.0. The van der Waals surface area contributed by atoms with Gasteiger partial charge in [-0.2, -0.15) is 5.10 Å². The highest BCUT2D eigenvalue weighted by Gasteiger charge is 2.27. The Morgan fingerprint density at radius 1 is 1.19 bits per heavy atom. The van der Waals surface area contributed by atoms with Crippen molar-refractivity contribution < 1.29 is 9.63 Å². The number of oxime groups is 1. The number of hydrogen-bond acceptors (Lipinski definition) is 5. The van der Waals surface area contributed by atoms with Crippen LogP contribution in [0.4, 0.5) is 5.69 Å². The van der Waals surface area contributed by atoms with Crippen LogP contribution in [0.2, 0.25) is 0 Å². The average molecular weight is 361 g/mol. The van der Waals surface area contributed by atoms with E-state index in [1.54, 1.807) is 16.9 Å². The molecule has 3 heterocycles. The Labute approximate surface area is 156 Å². The van der Waals surface area contributed by atoms with Crippen molar-refractivity contribution in [1.29, 1.82) is 0 Å². The highest BCUT2D eigenvalue weighted by Crippen LogP contribution is 2.27. The van der Waals surface area contributed by atoms with E-state index in [9.17, 15) is 4.79 Å². The number of rotatable bonds is 4. The zero-order valence-corrected chi connectivity index (χ0v) is 15.1. The predicted molar refractivity (Wildman–Crippen MR) is 102 cm³/mol. The van der Waals surface area contributed by atoms with E-state index in [-0.39, 0.29) is 12.0 Å². The van der Waals surface area contributed by atoms with Gasteiger partial charge < -0.3 is 10.2 Å². The van der Waals surface area contributed by atoms with Gasteiger partial charge >= 0.3 is 0 Å². The molecule has 1 amide bonds. The average Bonchev–Trinajstić information content (AvgIpc) is 3.30. The number of nitrogens with zero attached hydrogens (tertiary/aromatic N) is 4. The van der Waals surface area contributed by atoms with Gasteiger partial charge in [-0.05, 0) is 37.6 Å². The highest BCUT2D eigenvalue weighted by molar-refractivity contribution is 6.43. The van der Waals surface area contributed by atoms with Crippen molar-refractivity contribution in [2.75, 3.05) is 5.32 Å². The number of benzene rings is 1. The van der Waals surface area contributed by atoms with Crippen molar-refractivity contribution in [3.8, 4) is 5.82 Å². The second-order valence-electron chi connectivity index (χ2n) is 6.44. The van der Waals surface area contributed by atoms with Gasteiger partial charge in [-0.25, -0.2) is 9.67 Å². The molecule has 0 saturated carbocycles. The van der Waals surface area contributed by atoms with Crippen molar-refractivity contribution >= 4 is 17.3 Å². The first kappa shape index (κ1) is 17.0. The summed E-state index contributed by atoms with van der Waals surface area (Å²) in [6, 6.07) is 15.3. The third kappa shape index (κ3) is 3.57. The van der Waals surface area contributed by atoms with Gasteiger partial charge in [0.15, 0.2) is 11.9 Å². The molecule has 3 aromatic rings. The van der Waals surface area contributed by atoms with Crippen molar-refractivity contribution in [1.82, 2.24) is 14.8 Å². The first-order valence-electron chi connectivity index (χ1n) is 8.69. The van der Waals surface area contributed by atoms with Crippen LogP contribution in [0.1, 0.15) is 29.5 Å². The Kier molecular flexibility index (Phi) is 4.42. The van der Waals surface area contributed by atoms with E-state index < -0.39 is 0 Å². The largest absolute Gasteiger partial charge is 0.387 e. The van der Waals surface area contributed by atoms with E-state index in [1.165, 1.54) is 0 Å². The maximum Gasteiger partial charge on any atom is 0.273 e. The maximum absolute atomic E-state index is 12.4. The number of hydrogen-bond donors (Lipinski definition) is 1. The zero-order chi connectivity index (χ0) is 18.8. The molecule has 136 valence electrons. The maximum atomic E-state index is 12.4. The smallest absolute Gasteiger partial charge is 0.273 e. The van der Waals surface area contributed by atoms with E-state index in [4.69, 9.17) is 4.84 Å². The zero-order valence-electron chi connectivity index (χ0n) is 15.1. The Morgan fingerprint density at radius 2 is 2.00 bits per heavy atom. The number of carbonyl (C=O) groups excluding carboxylic acids is 1. The second kappa shape index (κ2) is 7.03. The third-order valence-corrected chi connectivity index (χ3v) is 4.33. The quantitative estimate of drug-likeness (QED) is 0.773. The van der Waals surface area contributed by atoms with E-state index in [1.807, 2.05) is 56.3 Å². The molecule has 0 bridgehead atoms. The predicted octanol–water partition coefficient (Wildman–Crippen LogP) is 3.34. The van der Waals surface area contributed by atoms with Gasteiger partial charge in [0.25, 0.3) is 5.91 Å². The van der Waals surface area contributed by atoms with Crippen LogP contribution in [0, 0.1) is 13.8 Å². The number of aryl methyl sites for hydroxylation is 2. The van der Waals surface area contributed by atoms with Gasteiger partial charge in [0.2, 0.25) is 0 Å². The molecular formula is C20H19N5O2. The Hall–Kier alpha value is -3.48. The van der Waals surface area contributed by atoms with Crippen LogP contribution in [-0.2, 0) is 9.63 Å². The summed E-state index contributed by atoms with van der Waals surface area (Å²) in [5.41, 5.74) is 3.89. The minimum absolute atomic E-state index is 0.224. The third-order valence-electron chi connectivity index (χ3n) is 4.33. The summed E-state index contributed by atoms with van der Waals surface area (Å²) in [4.78, 5) is 22.2. The first-order chi connectivity index (χ1) is 13.1. The van der Waals surface area contributed by atoms with Gasteiger partial charge in [-0.1, -0.05) is 35.5 Å². The van der Waals surface area contributed by atoms with E-state index in [2.05, 4.69) is 20.6 Å². The van der Waals surface area contributed by atoms with Crippen LogP contribution in [-0.4, -0.2) is 26.4 Å². The monoisotopic (exact) mass is 361 g/mol. The number of carbonyl (C=O) groups is 1. The molecule has 1 atom stereocenters. The minimum Gasteiger partial charge on any atom is -0.387 e. The van der Waals surface area contributed by atoms with E-state index in [0.717, 1.165) is 17.0 Å². The normalized spacial score (nSPS) is 15.9. The fourth-order valence-electron chi connectivity index (χ4n) is 3.01. The van der Waals surface area contributed by atoms with Crippen molar-refractivity contribution in [2.24, 2.45) is 5.16 Å². The van der Waals surface area contributed by atoms with Crippen LogP contribution < -0.4 is 5.32 Å². The minimum atomic E-state index is -0.283. The molecule has 4 rings (SSSR count). The summed E-state index contributed by atoms with van der Waals surface area (Å²) in [5, 5.41) is 11.2. The van der Waals surface area contributed by atoms with Gasteiger partial charge in [0, 0.05) is 12.1 Å². The van der Waals surface area contributed by atoms with Crippen LogP contribution in [0.25, 0.3) is 5.82 Å². The molecule has 0 radical (unpaired) electrons. The van der Waals surface area contributed by atoms with E-state index in [0.29, 0.717) is 23.6 Å². The molecule has 0 unspecified atom stereocenters. The number of anilines is 1. The standard InChI is InChI=1S/C20H19N5O2/c1-13-10-14(2)25(23-13)19-9-8-16(12-21-19)22-20(26)17-11-18(27-24-17)15-6-4-3-5-7-15/h3-10,12,18H,11H2,1-2H3,(H,22,26)/t18-/m0/s1. The Balaban J connectivity index is 1.41. The lowest BCUT2D eigenvalue weighted by Gasteiger charge is -2.08. The number of pyridine rings is 1. The Bertz CT molecular complexity index is 993. The highest BCUT2D eigenvalue weighted by atomic mass is 16.6. The number of amides is 1. The molecule has 1 N–H and O–H groups in total.